The topological polar surface area (TPSA) is 57.8 Å². The number of nitrogens with zero attached hydrogens (tertiary/aromatic N) is 1. The number of fused-ring (bicyclic) bond motifs is 1. The van der Waals surface area contributed by atoms with Crippen LogP contribution in [0.15, 0.2) is 59.4 Å². The van der Waals surface area contributed by atoms with Crippen LogP contribution in [0.4, 0.5) is 10.8 Å². The molecule has 2 aromatic heterocycles. The quantitative estimate of drug-likeness (QED) is 0.406. The van der Waals surface area contributed by atoms with Gasteiger partial charge in [-0.3, -0.25) is 4.79 Å². The molecule has 2 heterocycles. The van der Waals surface area contributed by atoms with Gasteiger partial charge in [0, 0.05) is 38.5 Å². The highest BCUT2D eigenvalue weighted by molar-refractivity contribution is 7.15. The van der Waals surface area contributed by atoms with E-state index < -0.39 is 0 Å². The zero-order valence-electron chi connectivity index (χ0n) is 16.5. The summed E-state index contributed by atoms with van der Waals surface area (Å²) in [6, 6.07) is 17.4. The lowest BCUT2D eigenvalue weighted by Crippen LogP contribution is -2.17. The van der Waals surface area contributed by atoms with E-state index in [0.29, 0.717) is 11.4 Å². The van der Waals surface area contributed by atoms with E-state index in [0.717, 1.165) is 37.9 Å². The van der Waals surface area contributed by atoms with Crippen molar-refractivity contribution in [3.8, 4) is 0 Å². The van der Waals surface area contributed by atoms with Gasteiger partial charge in [-0.25, -0.2) is 4.98 Å². The molecule has 4 rings (SSSR count). The van der Waals surface area contributed by atoms with E-state index in [-0.39, 0.29) is 11.0 Å². The van der Waals surface area contributed by atoms with Crippen LogP contribution in [0.5, 0.6) is 0 Å². The van der Waals surface area contributed by atoms with Crippen molar-refractivity contribution in [1.82, 2.24) is 9.97 Å². The lowest BCUT2D eigenvalue weighted by Gasteiger charge is -2.17. The maximum Gasteiger partial charge on any atom is 0.251 e. The first kappa shape index (κ1) is 19.7. The standard InChI is InChI=1S/C23H22ClN3OS/c1-23(2,3)20-19(29-22(27-20)25-17-10-8-16(24)9-11-17)13-15-12-14-6-4-5-7-18(14)26-21(15)28/h4-12H,13H2,1-3H3,(H,25,27)(H,26,28). The minimum absolute atomic E-state index is 0.0517. The number of para-hydroxylation sites is 1. The van der Waals surface area contributed by atoms with Gasteiger partial charge in [-0.1, -0.05) is 50.6 Å². The Hall–Kier alpha value is -2.63. The minimum atomic E-state index is -0.130. The van der Waals surface area contributed by atoms with Crippen LogP contribution >= 0.6 is 22.9 Å². The second kappa shape index (κ2) is 7.65. The van der Waals surface area contributed by atoms with Crippen LogP contribution in [0.1, 0.15) is 36.9 Å². The van der Waals surface area contributed by atoms with Crippen LogP contribution in [-0.4, -0.2) is 9.97 Å². The Balaban J connectivity index is 1.71. The van der Waals surface area contributed by atoms with Gasteiger partial charge in [-0.05, 0) is 41.8 Å². The fraction of sp³-hybridized carbons (Fsp3) is 0.217. The van der Waals surface area contributed by atoms with Crippen molar-refractivity contribution in [1.29, 1.82) is 0 Å². The molecule has 4 aromatic rings. The second-order valence-corrected chi connectivity index (χ2v) is 9.58. The number of pyridine rings is 1. The molecule has 0 radical (unpaired) electrons. The molecule has 29 heavy (non-hydrogen) atoms. The van der Waals surface area contributed by atoms with E-state index in [4.69, 9.17) is 16.6 Å². The van der Waals surface area contributed by atoms with Gasteiger partial charge >= 0.3 is 0 Å². The molecule has 0 fully saturated rings. The molecule has 2 N–H and O–H groups in total. The number of rotatable bonds is 4. The second-order valence-electron chi connectivity index (χ2n) is 8.06. The highest BCUT2D eigenvalue weighted by Crippen LogP contribution is 2.35. The first-order valence-corrected chi connectivity index (χ1v) is 10.6. The smallest absolute Gasteiger partial charge is 0.251 e. The van der Waals surface area contributed by atoms with Crippen LogP contribution in [0, 0.1) is 0 Å². The molecular weight excluding hydrogens is 402 g/mol. The molecule has 0 saturated heterocycles. The maximum absolute atomic E-state index is 12.6. The molecule has 0 amide bonds. The third-order valence-corrected chi connectivity index (χ3v) is 5.91. The number of benzene rings is 2. The molecule has 148 valence electrons. The van der Waals surface area contributed by atoms with Crippen molar-refractivity contribution in [2.24, 2.45) is 0 Å². The normalized spacial score (nSPS) is 11.7. The first-order chi connectivity index (χ1) is 13.8. The molecule has 6 heteroatoms. The van der Waals surface area contributed by atoms with Gasteiger partial charge in [-0.15, -0.1) is 11.3 Å². The number of H-pyrrole nitrogens is 1. The number of anilines is 2. The van der Waals surface area contributed by atoms with Crippen LogP contribution in [0.25, 0.3) is 10.9 Å². The highest BCUT2D eigenvalue weighted by atomic mass is 35.5. The molecule has 0 saturated carbocycles. The molecule has 0 aliphatic carbocycles. The van der Waals surface area contributed by atoms with Crippen molar-refractivity contribution >= 4 is 44.7 Å². The zero-order valence-corrected chi connectivity index (χ0v) is 18.1. The number of aromatic amines is 1. The number of nitrogens with one attached hydrogen (secondary N) is 2. The van der Waals surface area contributed by atoms with E-state index in [2.05, 4.69) is 31.1 Å². The summed E-state index contributed by atoms with van der Waals surface area (Å²) in [5.41, 5.74) is 3.35. The molecule has 4 nitrogen and oxygen atoms in total. The van der Waals surface area contributed by atoms with Crippen LogP contribution in [-0.2, 0) is 11.8 Å². The van der Waals surface area contributed by atoms with Gasteiger partial charge in [-0.2, -0.15) is 0 Å². The van der Waals surface area contributed by atoms with Gasteiger partial charge in [0.05, 0.1) is 5.69 Å². The van der Waals surface area contributed by atoms with Crippen molar-refractivity contribution in [2.45, 2.75) is 32.6 Å². The molecule has 0 spiro atoms. The molecule has 0 unspecified atom stereocenters. The summed E-state index contributed by atoms with van der Waals surface area (Å²) in [4.78, 5) is 21.6. The van der Waals surface area contributed by atoms with Crippen LogP contribution in [0.2, 0.25) is 5.02 Å². The molecule has 2 aromatic carbocycles. The van der Waals surface area contributed by atoms with Crippen LogP contribution in [0.3, 0.4) is 0 Å². The minimum Gasteiger partial charge on any atom is -0.332 e. The molecule has 0 aliphatic heterocycles. The Bertz CT molecular complexity index is 1220. The van der Waals surface area contributed by atoms with Crippen molar-refractivity contribution in [3.05, 3.63) is 86.1 Å². The van der Waals surface area contributed by atoms with E-state index in [1.807, 2.05) is 54.6 Å². The predicted molar refractivity (Wildman–Crippen MR) is 123 cm³/mol. The number of hydrogen-bond acceptors (Lipinski definition) is 4. The summed E-state index contributed by atoms with van der Waals surface area (Å²) in [5.74, 6) is 0. The van der Waals surface area contributed by atoms with E-state index in [9.17, 15) is 4.79 Å². The molecule has 0 aliphatic rings. The Morgan fingerprint density at radius 3 is 2.55 bits per heavy atom. The van der Waals surface area contributed by atoms with Gasteiger partial charge < -0.3 is 10.3 Å². The highest BCUT2D eigenvalue weighted by Gasteiger charge is 2.24. The number of aromatic nitrogens is 2. The summed E-state index contributed by atoms with van der Waals surface area (Å²) < 4.78 is 0. The Morgan fingerprint density at radius 2 is 1.83 bits per heavy atom. The summed E-state index contributed by atoms with van der Waals surface area (Å²) in [6.45, 7) is 6.42. The van der Waals surface area contributed by atoms with Crippen molar-refractivity contribution in [3.63, 3.8) is 0 Å². The van der Waals surface area contributed by atoms with Crippen molar-refractivity contribution < 1.29 is 0 Å². The number of hydrogen-bond donors (Lipinski definition) is 2. The fourth-order valence-corrected chi connectivity index (χ4v) is 4.61. The third-order valence-electron chi connectivity index (χ3n) is 4.68. The number of thiazole rings is 1. The van der Waals surface area contributed by atoms with Gasteiger partial charge in [0.25, 0.3) is 5.56 Å². The fourth-order valence-electron chi connectivity index (χ4n) is 3.26. The van der Waals surface area contributed by atoms with Gasteiger partial charge in [0.2, 0.25) is 0 Å². The third kappa shape index (κ3) is 4.36. The van der Waals surface area contributed by atoms with E-state index >= 15 is 0 Å². The molecule has 0 atom stereocenters. The Morgan fingerprint density at radius 1 is 1.10 bits per heavy atom. The first-order valence-electron chi connectivity index (χ1n) is 9.43. The van der Waals surface area contributed by atoms with Crippen LogP contribution < -0.4 is 10.9 Å². The molecule has 0 bridgehead atoms. The summed E-state index contributed by atoms with van der Waals surface area (Å²) >= 11 is 7.56. The largest absolute Gasteiger partial charge is 0.332 e. The van der Waals surface area contributed by atoms with E-state index in [1.54, 1.807) is 11.3 Å². The molecular formula is C23H22ClN3OS. The van der Waals surface area contributed by atoms with Gasteiger partial charge in [0.15, 0.2) is 5.13 Å². The monoisotopic (exact) mass is 423 g/mol. The maximum atomic E-state index is 12.6. The zero-order chi connectivity index (χ0) is 20.6. The SMILES string of the molecule is CC(C)(C)c1nc(Nc2ccc(Cl)cc2)sc1Cc1cc2ccccc2[nH]c1=O. The predicted octanol–water partition coefficient (Wildman–Crippen LogP) is 6.27. The number of halogens is 1. The van der Waals surface area contributed by atoms with E-state index in [1.165, 1.54) is 0 Å². The van der Waals surface area contributed by atoms with Gasteiger partial charge in [0.1, 0.15) is 0 Å². The Kier molecular flexibility index (Phi) is 5.19. The summed E-state index contributed by atoms with van der Waals surface area (Å²) in [5, 5.41) is 5.89. The summed E-state index contributed by atoms with van der Waals surface area (Å²) in [6.07, 6.45) is 0.548. The average Bonchev–Trinajstić information content (AvgIpc) is 3.07. The summed E-state index contributed by atoms with van der Waals surface area (Å²) in [7, 11) is 0. The lowest BCUT2D eigenvalue weighted by atomic mass is 9.90. The lowest BCUT2D eigenvalue weighted by molar-refractivity contribution is 0.568. The Labute approximate surface area is 178 Å². The average molecular weight is 424 g/mol. The van der Waals surface area contributed by atoms with Crippen molar-refractivity contribution in [2.75, 3.05) is 5.32 Å².